The summed E-state index contributed by atoms with van der Waals surface area (Å²) in [5.74, 6) is -0.307. The molecule has 0 bridgehead atoms. The number of halogens is 3. The lowest BCUT2D eigenvalue weighted by atomic mass is 10.3. The molecule has 0 aliphatic heterocycles. The summed E-state index contributed by atoms with van der Waals surface area (Å²) >= 11 is 0. The van der Waals surface area contributed by atoms with Gasteiger partial charge in [0.25, 0.3) is 0 Å². The van der Waals surface area contributed by atoms with Gasteiger partial charge >= 0.3 is 6.18 Å². The van der Waals surface area contributed by atoms with Gasteiger partial charge in [0.2, 0.25) is 0 Å². The predicted octanol–water partition coefficient (Wildman–Crippen LogP) is 1.62. The largest absolute Gasteiger partial charge is 0.470 e. The highest BCUT2D eigenvalue weighted by Gasteiger charge is 2.28. The summed E-state index contributed by atoms with van der Waals surface area (Å²) in [6.45, 7) is 0.418. The molecule has 0 aromatic rings. The van der Waals surface area contributed by atoms with Crippen LogP contribution in [-0.4, -0.2) is 12.8 Å². The second-order valence-corrected chi connectivity index (χ2v) is 2.57. The van der Waals surface area contributed by atoms with Crippen LogP contribution >= 0.6 is 0 Å². The van der Waals surface area contributed by atoms with Crippen LogP contribution in [0, 0.1) is 0 Å². The molecule has 14 heavy (non-hydrogen) atoms. The fourth-order valence-corrected chi connectivity index (χ4v) is 0.520. The Kier molecular flexibility index (Phi) is 4.90. The molecule has 6 heteroatoms. The van der Waals surface area contributed by atoms with Crippen molar-refractivity contribution in [1.82, 2.24) is 0 Å². The zero-order valence-corrected chi connectivity index (χ0v) is 7.77. The Labute approximate surface area is 80.2 Å². The van der Waals surface area contributed by atoms with Gasteiger partial charge in [-0.3, -0.25) is 0 Å². The molecule has 0 radical (unpaired) electrons. The molecular weight excluding hydrogens is 197 g/mol. The number of nitrogens with two attached hydrogens (primary N) is 2. The van der Waals surface area contributed by atoms with Crippen LogP contribution in [0.5, 0.6) is 0 Å². The van der Waals surface area contributed by atoms with Gasteiger partial charge in [0.15, 0.2) is 12.5 Å². The first-order valence-corrected chi connectivity index (χ1v) is 3.96. The highest BCUT2D eigenvalue weighted by atomic mass is 19.4. The summed E-state index contributed by atoms with van der Waals surface area (Å²) < 4.78 is 39.1. The first-order valence-electron chi connectivity index (χ1n) is 3.96. The van der Waals surface area contributed by atoms with Gasteiger partial charge in [0.05, 0.1) is 0 Å². The third kappa shape index (κ3) is 7.33. The number of alkyl halides is 3. The van der Waals surface area contributed by atoms with Crippen molar-refractivity contribution in [1.29, 1.82) is 0 Å². The first-order chi connectivity index (χ1) is 6.35. The van der Waals surface area contributed by atoms with Gasteiger partial charge in [-0.2, -0.15) is 13.2 Å². The molecule has 0 aliphatic carbocycles. The average Bonchev–Trinajstić information content (AvgIpc) is 2.09. The van der Waals surface area contributed by atoms with Gasteiger partial charge in [0, 0.05) is 5.70 Å². The van der Waals surface area contributed by atoms with Crippen molar-refractivity contribution >= 4 is 0 Å². The molecule has 0 heterocycles. The minimum Gasteiger partial charge on any atom is -0.470 e. The van der Waals surface area contributed by atoms with E-state index in [9.17, 15) is 13.2 Å². The Morgan fingerprint density at radius 1 is 1.29 bits per heavy atom. The zero-order valence-electron chi connectivity index (χ0n) is 7.77. The van der Waals surface area contributed by atoms with Crippen LogP contribution in [0.25, 0.3) is 0 Å². The van der Waals surface area contributed by atoms with E-state index in [0.717, 1.165) is 0 Å². The van der Waals surface area contributed by atoms with Gasteiger partial charge in [-0.25, -0.2) is 0 Å². The van der Waals surface area contributed by atoms with Gasteiger partial charge in [-0.05, 0) is 18.6 Å². The molecule has 0 aliphatic rings. The van der Waals surface area contributed by atoms with E-state index < -0.39 is 12.8 Å². The molecule has 3 nitrogen and oxygen atoms in total. The maximum atomic E-state index is 11.6. The lowest BCUT2D eigenvalue weighted by Crippen LogP contribution is -2.18. The number of hydrogen-bond acceptors (Lipinski definition) is 3. The SMILES string of the molecule is CC/C(N)=C/C=C(\N)OCC(F)(F)F. The first kappa shape index (κ1) is 12.7. The second kappa shape index (κ2) is 5.41. The van der Waals surface area contributed by atoms with Crippen molar-refractivity contribution in [3.8, 4) is 0 Å². The zero-order chi connectivity index (χ0) is 11.2. The molecule has 0 aromatic heterocycles. The summed E-state index contributed by atoms with van der Waals surface area (Å²) in [7, 11) is 0. The Hall–Kier alpha value is -1.33. The molecular formula is C8H13F3N2O. The summed E-state index contributed by atoms with van der Waals surface area (Å²) in [5, 5.41) is 0. The average molecular weight is 210 g/mol. The molecule has 0 amide bonds. The molecule has 0 fully saturated rings. The van der Waals surface area contributed by atoms with Crippen molar-refractivity contribution in [2.45, 2.75) is 19.5 Å². The third-order valence-electron chi connectivity index (χ3n) is 1.27. The molecule has 0 aromatic carbocycles. The van der Waals surface area contributed by atoms with Crippen molar-refractivity contribution in [3.05, 3.63) is 23.7 Å². The fourth-order valence-electron chi connectivity index (χ4n) is 0.520. The second-order valence-electron chi connectivity index (χ2n) is 2.57. The van der Waals surface area contributed by atoms with Crippen LogP contribution in [0.4, 0.5) is 13.2 Å². The lowest BCUT2D eigenvalue weighted by Gasteiger charge is -2.08. The van der Waals surface area contributed by atoms with Crippen LogP contribution in [0.3, 0.4) is 0 Å². The highest BCUT2D eigenvalue weighted by molar-refractivity contribution is 5.10. The molecule has 82 valence electrons. The van der Waals surface area contributed by atoms with E-state index >= 15 is 0 Å². The monoisotopic (exact) mass is 210 g/mol. The summed E-state index contributed by atoms with van der Waals surface area (Å²) in [5.41, 5.74) is 11.0. The van der Waals surface area contributed by atoms with Crippen LogP contribution in [0.2, 0.25) is 0 Å². The maximum Gasteiger partial charge on any atom is 0.422 e. The number of rotatable bonds is 4. The molecule has 0 unspecified atom stereocenters. The van der Waals surface area contributed by atoms with E-state index in [0.29, 0.717) is 12.1 Å². The van der Waals surface area contributed by atoms with Gasteiger partial charge in [0.1, 0.15) is 0 Å². The molecule has 0 saturated heterocycles. The summed E-state index contributed by atoms with van der Waals surface area (Å²) in [6, 6.07) is 0. The summed E-state index contributed by atoms with van der Waals surface area (Å²) in [4.78, 5) is 0. The van der Waals surface area contributed by atoms with Crippen molar-refractivity contribution in [2.24, 2.45) is 11.5 Å². The highest BCUT2D eigenvalue weighted by Crippen LogP contribution is 2.15. The Morgan fingerprint density at radius 3 is 2.29 bits per heavy atom. The van der Waals surface area contributed by atoms with E-state index in [4.69, 9.17) is 11.5 Å². The Balaban J connectivity index is 4.02. The van der Waals surface area contributed by atoms with E-state index in [1.54, 1.807) is 0 Å². The lowest BCUT2D eigenvalue weighted by molar-refractivity contribution is -0.165. The van der Waals surface area contributed by atoms with E-state index in [2.05, 4.69) is 4.74 Å². The predicted molar refractivity (Wildman–Crippen MR) is 46.8 cm³/mol. The third-order valence-corrected chi connectivity index (χ3v) is 1.27. The Bertz CT molecular complexity index is 233. The summed E-state index contributed by atoms with van der Waals surface area (Å²) in [6.07, 6.45) is -1.17. The Morgan fingerprint density at radius 2 is 1.86 bits per heavy atom. The van der Waals surface area contributed by atoms with Crippen LogP contribution < -0.4 is 11.5 Å². The normalized spacial score (nSPS) is 14.3. The smallest absolute Gasteiger partial charge is 0.422 e. The molecule has 0 rings (SSSR count). The minimum atomic E-state index is -4.38. The number of allylic oxidation sites excluding steroid dienone is 3. The maximum absolute atomic E-state index is 11.6. The van der Waals surface area contributed by atoms with Crippen LogP contribution in [-0.2, 0) is 4.74 Å². The molecule has 0 spiro atoms. The van der Waals surface area contributed by atoms with Crippen LogP contribution in [0.15, 0.2) is 23.7 Å². The number of ether oxygens (including phenoxy) is 1. The van der Waals surface area contributed by atoms with Gasteiger partial charge in [-0.1, -0.05) is 6.92 Å². The van der Waals surface area contributed by atoms with Crippen molar-refractivity contribution in [2.75, 3.05) is 6.61 Å². The van der Waals surface area contributed by atoms with E-state index in [1.807, 2.05) is 6.92 Å². The molecule has 4 N–H and O–H groups in total. The van der Waals surface area contributed by atoms with Crippen molar-refractivity contribution in [3.63, 3.8) is 0 Å². The standard InChI is InChI=1S/C8H13F3N2O/c1-2-6(12)3-4-7(13)14-5-8(9,10)11/h3-4H,2,5,12-13H2,1H3/b6-3-,7-4+. The molecule has 0 saturated carbocycles. The van der Waals surface area contributed by atoms with Gasteiger partial charge in [-0.15, -0.1) is 0 Å². The van der Waals surface area contributed by atoms with Crippen LogP contribution in [0.1, 0.15) is 13.3 Å². The molecule has 0 atom stereocenters. The van der Waals surface area contributed by atoms with Gasteiger partial charge < -0.3 is 16.2 Å². The minimum absolute atomic E-state index is 0.307. The van der Waals surface area contributed by atoms with Crippen molar-refractivity contribution < 1.29 is 17.9 Å². The fraction of sp³-hybridized carbons (Fsp3) is 0.500. The quantitative estimate of drug-likeness (QED) is 0.547. The number of hydrogen-bond donors (Lipinski definition) is 2. The van der Waals surface area contributed by atoms with E-state index in [-0.39, 0.29) is 5.88 Å². The topological polar surface area (TPSA) is 61.3 Å². The van der Waals surface area contributed by atoms with E-state index in [1.165, 1.54) is 12.2 Å².